The van der Waals surface area contributed by atoms with Crippen molar-refractivity contribution in [3.63, 3.8) is 0 Å². The Kier molecular flexibility index (Phi) is 3.81. The topological polar surface area (TPSA) is 12.9 Å². The highest BCUT2D eigenvalue weighted by Gasteiger charge is 1.90. The Labute approximate surface area is 78.1 Å². The van der Waals surface area contributed by atoms with E-state index in [-0.39, 0.29) is 0 Å². The molecule has 1 aromatic heterocycles. The summed E-state index contributed by atoms with van der Waals surface area (Å²) >= 11 is 5.54. The summed E-state index contributed by atoms with van der Waals surface area (Å²) in [6, 6.07) is 3.99. The van der Waals surface area contributed by atoms with Gasteiger partial charge in [-0.3, -0.25) is 4.98 Å². The van der Waals surface area contributed by atoms with Crippen LogP contribution in [-0.4, -0.2) is 10.9 Å². The van der Waals surface area contributed by atoms with Gasteiger partial charge in [-0.1, -0.05) is 18.2 Å². The molecule has 64 valence electrons. The maximum Gasteiger partial charge on any atom is 0.0444 e. The van der Waals surface area contributed by atoms with Gasteiger partial charge in [-0.25, -0.2) is 0 Å². The van der Waals surface area contributed by atoms with Crippen LogP contribution in [0.3, 0.4) is 0 Å². The van der Waals surface area contributed by atoms with Gasteiger partial charge in [0.05, 0.1) is 0 Å². The third-order valence-electron chi connectivity index (χ3n) is 1.62. The molecular weight excluding hydrogens is 170 g/mol. The fourth-order valence-corrected chi connectivity index (χ4v) is 1.07. The molecule has 0 aliphatic carbocycles. The monoisotopic (exact) mass is 181 g/mol. The largest absolute Gasteiger partial charge is 0.261 e. The summed E-state index contributed by atoms with van der Waals surface area (Å²) in [5.41, 5.74) is 2.23. The standard InChI is InChI=1S/C10H12ClN/c1-9-10(5-2-3-7-11)6-4-8-12-9/h2,4-6,8H,3,7H2,1H3. The molecule has 1 nitrogen and oxygen atoms in total. The van der Waals surface area contributed by atoms with Gasteiger partial charge in [-0.2, -0.15) is 0 Å². The third-order valence-corrected chi connectivity index (χ3v) is 1.84. The van der Waals surface area contributed by atoms with Crippen molar-refractivity contribution in [3.8, 4) is 0 Å². The van der Waals surface area contributed by atoms with Gasteiger partial charge in [0.2, 0.25) is 0 Å². The van der Waals surface area contributed by atoms with E-state index in [0.29, 0.717) is 5.88 Å². The molecule has 0 bridgehead atoms. The predicted octanol–water partition coefficient (Wildman–Crippen LogP) is 3.03. The minimum atomic E-state index is 0.676. The molecule has 2 heteroatoms. The zero-order valence-corrected chi connectivity index (χ0v) is 7.88. The van der Waals surface area contributed by atoms with E-state index in [0.717, 1.165) is 12.1 Å². The zero-order valence-electron chi connectivity index (χ0n) is 7.13. The molecule has 0 unspecified atom stereocenters. The average molecular weight is 182 g/mol. The molecule has 1 heterocycles. The Hall–Kier alpha value is -0.820. The second kappa shape index (κ2) is 4.94. The molecule has 0 amide bonds. The maximum absolute atomic E-state index is 5.54. The SMILES string of the molecule is Cc1ncccc1C=CCCCl. The Morgan fingerprint density at radius 1 is 1.58 bits per heavy atom. The van der Waals surface area contributed by atoms with E-state index < -0.39 is 0 Å². The molecular formula is C10H12ClN. The van der Waals surface area contributed by atoms with Gasteiger partial charge in [0, 0.05) is 17.8 Å². The van der Waals surface area contributed by atoms with E-state index in [1.165, 1.54) is 5.56 Å². The van der Waals surface area contributed by atoms with Crippen LogP contribution in [0.25, 0.3) is 6.08 Å². The van der Waals surface area contributed by atoms with Crippen LogP contribution in [-0.2, 0) is 0 Å². The van der Waals surface area contributed by atoms with Crippen molar-refractivity contribution in [1.29, 1.82) is 0 Å². The number of alkyl halides is 1. The molecule has 0 aliphatic rings. The number of aromatic nitrogens is 1. The number of rotatable bonds is 3. The van der Waals surface area contributed by atoms with Crippen molar-refractivity contribution in [2.45, 2.75) is 13.3 Å². The number of nitrogens with zero attached hydrogens (tertiary/aromatic N) is 1. The lowest BCUT2D eigenvalue weighted by Crippen LogP contribution is -1.83. The quantitative estimate of drug-likeness (QED) is 0.654. The van der Waals surface area contributed by atoms with Gasteiger partial charge in [0.15, 0.2) is 0 Å². The van der Waals surface area contributed by atoms with Gasteiger partial charge < -0.3 is 0 Å². The number of hydrogen-bond donors (Lipinski definition) is 0. The lowest BCUT2D eigenvalue weighted by Gasteiger charge is -1.96. The summed E-state index contributed by atoms with van der Waals surface area (Å²) in [6.07, 6.45) is 6.84. The van der Waals surface area contributed by atoms with Crippen LogP contribution < -0.4 is 0 Å². The number of halogens is 1. The van der Waals surface area contributed by atoms with Crippen LogP contribution in [0.5, 0.6) is 0 Å². The van der Waals surface area contributed by atoms with E-state index in [4.69, 9.17) is 11.6 Å². The van der Waals surface area contributed by atoms with Crippen LogP contribution in [0.1, 0.15) is 17.7 Å². The van der Waals surface area contributed by atoms with E-state index >= 15 is 0 Å². The summed E-state index contributed by atoms with van der Waals surface area (Å²) in [6.45, 7) is 2.00. The van der Waals surface area contributed by atoms with E-state index in [1.807, 2.05) is 19.1 Å². The highest BCUT2D eigenvalue weighted by Crippen LogP contribution is 2.06. The number of aryl methyl sites for hydroxylation is 1. The van der Waals surface area contributed by atoms with Gasteiger partial charge in [0.25, 0.3) is 0 Å². The Balaban J connectivity index is 2.68. The van der Waals surface area contributed by atoms with Crippen molar-refractivity contribution in [3.05, 3.63) is 35.7 Å². The van der Waals surface area contributed by atoms with Crippen molar-refractivity contribution in [2.24, 2.45) is 0 Å². The number of allylic oxidation sites excluding steroid dienone is 1. The van der Waals surface area contributed by atoms with E-state index in [9.17, 15) is 0 Å². The molecule has 0 radical (unpaired) electrons. The Bertz CT molecular complexity index is 268. The maximum atomic E-state index is 5.54. The molecule has 0 fully saturated rings. The first kappa shape index (κ1) is 9.27. The minimum Gasteiger partial charge on any atom is -0.261 e. The number of hydrogen-bond acceptors (Lipinski definition) is 1. The number of pyridine rings is 1. The zero-order chi connectivity index (χ0) is 8.81. The molecule has 12 heavy (non-hydrogen) atoms. The molecule has 0 N–H and O–H groups in total. The normalized spacial score (nSPS) is 10.8. The summed E-state index contributed by atoms with van der Waals surface area (Å²) < 4.78 is 0. The molecule has 0 aromatic carbocycles. The Morgan fingerprint density at radius 2 is 2.42 bits per heavy atom. The highest BCUT2D eigenvalue weighted by molar-refractivity contribution is 6.17. The highest BCUT2D eigenvalue weighted by atomic mass is 35.5. The first-order chi connectivity index (χ1) is 5.84. The van der Waals surface area contributed by atoms with Gasteiger partial charge in [-0.05, 0) is 25.0 Å². The van der Waals surface area contributed by atoms with Crippen LogP contribution in [0.15, 0.2) is 24.4 Å². The van der Waals surface area contributed by atoms with Crippen LogP contribution >= 0.6 is 11.6 Å². The Morgan fingerprint density at radius 3 is 3.08 bits per heavy atom. The lowest BCUT2D eigenvalue weighted by atomic mass is 10.2. The third kappa shape index (κ3) is 2.67. The smallest absolute Gasteiger partial charge is 0.0444 e. The van der Waals surface area contributed by atoms with Crippen LogP contribution in [0.4, 0.5) is 0 Å². The van der Waals surface area contributed by atoms with E-state index in [2.05, 4.69) is 17.1 Å². The molecule has 0 spiro atoms. The van der Waals surface area contributed by atoms with Crippen molar-refractivity contribution in [2.75, 3.05) is 5.88 Å². The van der Waals surface area contributed by atoms with Crippen molar-refractivity contribution < 1.29 is 0 Å². The van der Waals surface area contributed by atoms with E-state index in [1.54, 1.807) is 6.20 Å². The van der Waals surface area contributed by atoms with Gasteiger partial charge in [0.1, 0.15) is 0 Å². The fourth-order valence-electron chi connectivity index (χ4n) is 0.946. The second-order valence-corrected chi connectivity index (χ2v) is 2.94. The first-order valence-corrected chi connectivity index (χ1v) is 4.52. The molecule has 1 aromatic rings. The van der Waals surface area contributed by atoms with Gasteiger partial charge in [-0.15, -0.1) is 11.6 Å². The molecule has 0 aliphatic heterocycles. The summed E-state index contributed by atoms with van der Waals surface area (Å²) in [5, 5.41) is 0. The lowest BCUT2D eigenvalue weighted by molar-refractivity contribution is 1.18. The molecule has 0 atom stereocenters. The first-order valence-electron chi connectivity index (χ1n) is 3.98. The van der Waals surface area contributed by atoms with Crippen LogP contribution in [0, 0.1) is 6.92 Å². The van der Waals surface area contributed by atoms with Gasteiger partial charge >= 0.3 is 0 Å². The molecule has 0 saturated heterocycles. The average Bonchev–Trinajstić information content (AvgIpc) is 2.09. The van der Waals surface area contributed by atoms with Crippen molar-refractivity contribution >= 4 is 17.7 Å². The van der Waals surface area contributed by atoms with Crippen molar-refractivity contribution in [1.82, 2.24) is 4.98 Å². The summed E-state index contributed by atoms with van der Waals surface area (Å²) in [4.78, 5) is 4.17. The summed E-state index contributed by atoms with van der Waals surface area (Å²) in [7, 11) is 0. The second-order valence-electron chi connectivity index (χ2n) is 2.56. The molecule has 0 saturated carbocycles. The minimum absolute atomic E-state index is 0.676. The summed E-state index contributed by atoms with van der Waals surface area (Å²) in [5.74, 6) is 0.676. The van der Waals surface area contributed by atoms with Crippen LogP contribution in [0.2, 0.25) is 0 Å². The molecule has 1 rings (SSSR count). The fraction of sp³-hybridized carbons (Fsp3) is 0.300. The predicted molar refractivity (Wildman–Crippen MR) is 53.3 cm³/mol.